The van der Waals surface area contributed by atoms with Gasteiger partial charge in [0.2, 0.25) is 0 Å². The zero-order valence-corrected chi connectivity index (χ0v) is 40.7. The highest BCUT2D eigenvalue weighted by Gasteiger charge is 2.24. The predicted molar refractivity (Wildman–Crippen MR) is 275 cm³/mol. The minimum absolute atomic E-state index is 0.366. The number of aryl methyl sites for hydroxylation is 4. The fourth-order valence-corrected chi connectivity index (χ4v) is 10.1. The van der Waals surface area contributed by atoms with Crippen LogP contribution in [-0.2, 0) is 48.3 Å². The van der Waals surface area contributed by atoms with Gasteiger partial charge >= 0.3 is 0 Å². The number of fused-ring (bicyclic) bond motifs is 6. The Morgan fingerprint density at radius 2 is 1.03 bits per heavy atom. The summed E-state index contributed by atoms with van der Waals surface area (Å²) in [6, 6.07) is 45.0. The molecule has 2 atom stereocenters. The minimum Gasteiger partial charge on any atom is -0.493 e. The lowest BCUT2D eigenvalue weighted by atomic mass is 9.82. The van der Waals surface area contributed by atoms with Crippen molar-refractivity contribution in [1.29, 1.82) is 0 Å². The summed E-state index contributed by atoms with van der Waals surface area (Å²) in [6.07, 6.45) is 12.5. The van der Waals surface area contributed by atoms with E-state index in [4.69, 9.17) is 37.6 Å². The standard InChI is InChI=1S/C31H34O5.C30H32O3/c1-3-8-22-19-25(35-24-10-5-4-6-11-24)13-15-30(22)33-18-17-26-20-29-28-12-7-9-23(21-34-32-2)27(28)14-16-31(29)36-26;1-3-8-22-19-24(32-23-10-5-4-6-11-23)13-15-29(22)31-18-17-25-20-28-27-12-7-9-21(2)26(27)14-16-30(28)33-25/h4-6,10-11,13-16,19-20,23H,3,7-9,12,17-18,21H2,1-2H3;4-6,10-11,13-16,19-21H,3,7-9,12,17-18H2,1-2H3. The second kappa shape index (κ2) is 23.2. The Labute approximate surface area is 407 Å². The van der Waals surface area contributed by atoms with E-state index in [0.29, 0.717) is 38.1 Å². The first-order valence-electron chi connectivity index (χ1n) is 25.2. The van der Waals surface area contributed by atoms with E-state index < -0.39 is 0 Å². The van der Waals surface area contributed by atoms with Crippen LogP contribution >= 0.6 is 0 Å². The number of rotatable bonds is 19. The number of ether oxygens (including phenoxy) is 4. The summed E-state index contributed by atoms with van der Waals surface area (Å²) in [7, 11) is 1.56. The van der Waals surface area contributed by atoms with Gasteiger partial charge in [-0.2, -0.15) is 0 Å². The molecular formula is C61H66O8. The first-order chi connectivity index (χ1) is 34.0. The van der Waals surface area contributed by atoms with Crippen molar-refractivity contribution in [3.63, 3.8) is 0 Å². The Kier molecular flexibility index (Phi) is 16.0. The van der Waals surface area contributed by atoms with Gasteiger partial charge in [-0.25, -0.2) is 9.78 Å². The van der Waals surface area contributed by atoms with E-state index in [-0.39, 0.29) is 0 Å². The summed E-state index contributed by atoms with van der Waals surface area (Å²) in [6.45, 7) is 8.43. The fraction of sp³-hybridized carbons (Fsp3) is 0.344. The van der Waals surface area contributed by atoms with Gasteiger partial charge in [-0.05, 0) is 176 Å². The molecule has 69 heavy (non-hydrogen) atoms. The van der Waals surface area contributed by atoms with Gasteiger partial charge in [-0.15, -0.1) is 0 Å². The van der Waals surface area contributed by atoms with E-state index in [2.05, 4.69) is 69.3 Å². The molecule has 2 aliphatic carbocycles. The average Bonchev–Trinajstić information content (AvgIpc) is 4.00. The third kappa shape index (κ3) is 11.9. The molecule has 0 amide bonds. The molecule has 8 heteroatoms. The summed E-state index contributed by atoms with van der Waals surface area (Å²) < 4.78 is 36.8. The molecule has 2 heterocycles. The average molecular weight is 927 g/mol. The lowest BCUT2D eigenvalue weighted by Crippen LogP contribution is -2.15. The van der Waals surface area contributed by atoms with Gasteiger partial charge in [-0.3, -0.25) is 0 Å². The van der Waals surface area contributed by atoms with E-state index in [9.17, 15) is 0 Å². The van der Waals surface area contributed by atoms with Crippen molar-refractivity contribution in [2.75, 3.05) is 26.9 Å². The SMILES string of the molecule is CCCc1cc(Oc2ccccc2)ccc1OCCc1cc2c3c(ccc2o1)C(C)CCC3.CCCc1cc(Oc2ccccc2)ccc1OCCc1cc2c3c(ccc2o1)C(COOC)CCC3. The third-order valence-electron chi connectivity index (χ3n) is 13.5. The smallest absolute Gasteiger partial charge is 0.134 e. The van der Waals surface area contributed by atoms with Crippen molar-refractivity contribution in [2.24, 2.45) is 0 Å². The van der Waals surface area contributed by atoms with E-state index in [0.717, 1.165) is 121 Å². The van der Waals surface area contributed by atoms with Gasteiger partial charge in [0.15, 0.2) is 0 Å². The van der Waals surface area contributed by atoms with Crippen LogP contribution in [0.2, 0.25) is 0 Å². The van der Waals surface area contributed by atoms with E-state index in [1.807, 2.05) is 84.9 Å². The maximum absolute atomic E-state index is 6.22. The van der Waals surface area contributed by atoms with Crippen LogP contribution in [0.3, 0.4) is 0 Å². The molecule has 2 aromatic heterocycles. The number of hydrogen-bond acceptors (Lipinski definition) is 8. The molecule has 0 saturated carbocycles. The number of hydrogen-bond donors (Lipinski definition) is 0. The largest absolute Gasteiger partial charge is 0.493 e. The molecule has 0 fully saturated rings. The number of para-hydroxylation sites is 2. The van der Waals surface area contributed by atoms with Gasteiger partial charge in [0, 0.05) is 29.5 Å². The molecule has 0 saturated heterocycles. The van der Waals surface area contributed by atoms with Crippen LogP contribution in [0.5, 0.6) is 34.5 Å². The fourth-order valence-electron chi connectivity index (χ4n) is 10.1. The van der Waals surface area contributed by atoms with E-state index in [1.165, 1.54) is 51.4 Å². The molecular weight excluding hydrogens is 861 g/mol. The third-order valence-corrected chi connectivity index (χ3v) is 13.5. The Morgan fingerprint density at radius 1 is 0.522 bits per heavy atom. The zero-order chi connectivity index (χ0) is 47.4. The maximum Gasteiger partial charge on any atom is 0.134 e. The van der Waals surface area contributed by atoms with E-state index >= 15 is 0 Å². The lowest BCUT2D eigenvalue weighted by Gasteiger charge is -2.25. The van der Waals surface area contributed by atoms with Crippen molar-refractivity contribution in [3.8, 4) is 34.5 Å². The van der Waals surface area contributed by atoms with Crippen molar-refractivity contribution in [1.82, 2.24) is 0 Å². The highest BCUT2D eigenvalue weighted by molar-refractivity contribution is 5.84. The summed E-state index contributed by atoms with van der Waals surface area (Å²) in [5, 5.41) is 2.52. The van der Waals surface area contributed by atoms with Crippen LogP contribution in [0.1, 0.15) is 116 Å². The van der Waals surface area contributed by atoms with Crippen LogP contribution < -0.4 is 18.9 Å². The highest BCUT2D eigenvalue weighted by Crippen LogP contribution is 2.39. The molecule has 8 aromatic rings. The van der Waals surface area contributed by atoms with Gasteiger partial charge in [-0.1, -0.05) is 82.1 Å². The summed E-state index contributed by atoms with van der Waals surface area (Å²) >= 11 is 0. The normalized spacial score (nSPS) is 15.2. The monoisotopic (exact) mass is 926 g/mol. The van der Waals surface area contributed by atoms with Crippen LogP contribution in [0.15, 0.2) is 142 Å². The molecule has 10 rings (SSSR count). The Balaban J connectivity index is 0.000000172. The summed E-state index contributed by atoms with van der Waals surface area (Å²) in [5.74, 6) is 8.14. The van der Waals surface area contributed by atoms with Crippen LogP contribution in [-0.4, -0.2) is 26.9 Å². The molecule has 2 unspecified atom stereocenters. The summed E-state index contributed by atoms with van der Waals surface area (Å²) in [5.41, 5.74) is 10.0. The van der Waals surface area contributed by atoms with Gasteiger partial charge < -0.3 is 27.8 Å². The maximum atomic E-state index is 6.22. The lowest BCUT2D eigenvalue weighted by molar-refractivity contribution is -0.275. The van der Waals surface area contributed by atoms with Gasteiger partial charge in [0.05, 0.1) is 26.9 Å². The molecule has 0 bridgehead atoms. The van der Waals surface area contributed by atoms with Crippen molar-refractivity contribution in [2.45, 2.75) is 110 Å². The first kappa shape index (κ1) is 47.6. The van der Waals surface area contributed by atoms with Crippen LogP contribution in [0.25, 0.3) is 21.9 Å². The van der Waals surface area contributed by atoms with Crippen molar-refractivity contribution < 1.29 is 37.6 Å². The Hall–Kier alpha value is -6.48. The second-order valence-electron chi connectivity index (χ2n) is 18.4. The Bertz CT molecular complexity index is 2900. The van der Waals surface area contributed by atoms with Gasteiger partial charge in [0.25, 0.3) is 0 Å². The topological polar surface area (TPSA) is 81.7 Å². The molecule has 6 aromatic carbocycles. The Morgan fingerprint density at radius 3 is 1.55 bits per heavy atom. The molecule has 0 spiro atoms. The predicted octanol–water partition coefficient (Wildman–Crippen LogP) is 16.0. The van der Waals surface area contributed by atoms with Crippen molar-refractivity contribution >= 4 is 21.9 Å². The summed E-state index contributed by atoms with van der Waals surface area (Å²) in [4.78, 5) is 10.1. The first-order valence-corrected chi connectivity index (χ1v) is 25.2. The molecule has 2 aliphatic rings. The highest BCUT2D eigenvalue weighted by atomic mass is 17.2. The zero-order valence-electron chi connectivity index (χ0n) is 40.7. The second-order valence-corrected chi connectivity index (χ2v) is 18.4. The van der Waals surface area contributed by atoms with Crippen LogP contribution in [0, 0.1) is 0 Å². The van der Waals surface area contributed by atoms with Gasteiger partial charge in [0.1, 0.15) is 57.2 Å². The van der Waals surface area contributed by atoms with Crippen molar-refractivity contribution in [3.05, 3.63) is 178 Å². The number of benzene rings is 6. The van der Waals surface area contributed by atoms with Crippen LogP contribution in [0.4, 0.5) is 0 Å². The molecule has 0 aliphatic heterocycles. The molecule has 0 N–H and O–H groups in total. The molecule has 8 nitrogen and oxygen atoms in total. The van der Waals surface area contributed by atoms with E-state index in [1.54, 1.807) is 7.11 Å². The minimum atomic E-state index is 0.366. The molecule has 358 valence electrons. The molecule has 0 radical (unpaired) electrons. The quantitative estimate of drug-likeness (QED) is 0.0586. The number of furan rings is 2.